The van der Waals surface area contributed by atoms with E-state index in [0.717, 1.165) is 12.8 Å². The Hall–Kier alpha value is -1.38. The summed E-state index contributed by atoms with van der Waals surface area (Å²) in [5.74, 6) is -0.469. The lowest BCUT2D eigenvalue weighted by Crippen LogP contribution is -2.10. The van der Waals surface area contributed by atoms with Gasteiger partial charge >= 0.3 is 5.97 Å². The normalized spacial score (nSPS) is 11.1. The van der Waals surface area contributed by atoms with Gasteiger partial charge in [-0.2, -0.15) is 0 Å². The summed E-state index contributed by atoms with van der Waals surface area (Å²) in [7, 11) is 0. The molecule has 3 nitrogen and oxygen atoms in total. The topological polar surface area (TPSA) is 43.4 Å². The fourth-order valence-electron chi connectivity index (χ4n) is 1.63. The van der Waals surface area contributed by atoms with Crippen LogP contribution in [0.3, 0.4) is 0 Å². The van der Waals surface area contributed by atoms with Crippen LogP contribution in [0.25, 0.3) is 0 Å². The van der Waals surface area contributed by atoms with Gasteiger partial charge in [0, 0.05) is 6.42 Å². The van der Waals surface area contributed by atoms with E-state index in [1.807, 2.05) is 0 Å². The molecule has 0 atom stereocenters. The predicted molar refractivity (Wildman–Crippen MR) is 77.9 cm³/mol. The molecule has 0 fully saturated rings. The third-order valence-corrected chi connectivity index (χ3v) is 2.65. The first-order valence-corrected chi connectivity index (χ1v) is 6.92. The molecule has 19 heavy (non-hydrogen) atoms. The molecule has 0 saturated heterocycles. The summed E-state index contributed by atoms with van der Waals surface area (Å²) in [5.41, 5.74) is 2.62. The number of hydrogen-bond donors (Lipinski definition) is 0. The quantitative estimate of drug-likeness (QED) is 0.360. The standard InChI is InChI=1S/C16H26O3/c1-5-19-16(18)12-15(17)11-7-10-14(4)9-6-8-13(2)3/h8,10H,5-7,9,11-12H2,1-4H3/b14-10-. The highest BCUT2D eigenvalue weighted by Gasteiger charge is 2.08. The number of esters is 1. The van der Waals surface area contributed by atoms with E-state index in [4.69, 9.17) is 4.74 Å². The van der Waals surface area contributed by atoms with Crippen molar-refractivity contribution in [3.05, 3.63) is 23.3 Å². The number of rotatable bonds is 9. The first-order chi connectivity index (χ1) is 8.95. The highest BCUT2D eigenvalue weighted by molar-refractivity contribution is 5.95. The maximum atomic E-state index is 11.5. The number of hydrogen-bond acceptors (Lipinski definition) is 3. The molecule has 0 radical (unpaired) electrons. The molecule has 0 aromatic carbocycles. The fourth-order valence-corrected chi connectivity index (χ4v) is 1.63. The zero-order chi connectivity index (χ0) is 14.7. The number of Topliss-reactive ketones (excluding diaryl/α,β-unsaturated/α-hetero) is 1. The molecule has 0 amide bonds. The molecule has 0 saturated carbocycles. The molecule has 0 rings (SSSR count). The monoisotopic (exact) mass is 266 g/mol. The first kappa shape index (κ1) is 17.6. The molecular weight excluding hydrogens is 240 g/mol. The lowest BCUT2D eigenvalue weighted by atomic mass is 10.1. The lowest BCUT2D eigenvalue weighted by Gasteiger charge is -2.01. The van der Waals surface area contributed by atoms with Crippen molar-refractivity contribution in [3.63, 3.8) is 0 Å². The number of ketones is 1. The Bertz CT molecular complexity index is 347. The van der Waals surface area contributed by atoms with Gasteiger partial charge < -0.3 is 4.74 Å². The molecule has 0 aliphatic heterocycles. The van der Waals surface area contributed by atoms with E-state index in [9.17, 15) is 9.59 Å². The van der Waals surface area contributed by atoms with Crippen LogP contribution in [0, 0.1) is 0 Å². The fraction of sp³-hybridized carbons (Fsp3) is 0.625. The minimum absolute atomic E-state index is 0.0493. The molecular formula is C16H26O3. The van der Waals surface area contributed by atoms with Gasteiger partial charge in [0.25, 0.3) is 0 Å². The average Bonchev–Trinajstić information content (AvgIpc) is 2.28. The number of carbonyl (C=O) groups is 2. The summed E-state index contributed by atoms with van der Waals surface area (Å²) >= 11 is 0. The van der Waals surface area contributed by atoms with Crippen LogP contribution in [0.15, 0.2) is 23.3 Å². The molecule has 0 aliphatic carbocycles. The number of ether oxygens (including phenoxy) is 1. The second-order valence-corrected chi connectivity index (χ2v) is 4.93. The lowest BCUT2D eigenvalue weighted by molar-refractivity contribution is -0.145. The maximum absolute atomic E-state index is 11.5. The van der Waals surface area contributed by atoms with Gasteiger partial charge in [-0.25, -0.2) is 0 Å². The van der Waals surface area contributed by atoms with E-state index in [1.54, 1.807) is 6.92 Å². The van der Waals surface area contributed by atoms with Crippen LogP contribution in [0.2, 0.25) is 0 Å². The van der Waals surface area contributed by atoms with Crippen LogP contribution in [-0.4, -0.2) is 18.4 Å². The summed E-state index contributed by atoms with van der Waals surface area (Å²) in [6, 6.07) is 0. The Balaban J connectivity index is 3.84. The van der Waals surface area contributed by atoms with E-state index >= 15 is 0 Å². The van der Waals surface area contributed by atoms with Gasteiger partial charge in [0.2, 0.25) is 0 Å². The number of allylic oxidation sites excluding steroid dienone is 4. The second kappa shape index (κ2) is 10.5. The van der Waals surface area contributed by atoms with Crippen molar-refractivity contribution in [1.82, 2.24) is 0 Å². The average molecular weight is 266 g/mol. The van der Waals surface area contributed by atoms with Crippen LogP contribution in [0.5, 0.6) is 0 Å². The molecule has 0 aromatic rings. The molecule has 0 unspecified atom stereocenters. The Morgan fingerprint density at radius 2 is 1.63 bits per heavy atom. The van der Waals surface area contributed by atoms with Crippen molar-refractivity contribution in [2.45, 2.75) is 59.8 Å². The van der Waals surface area contributed by atoms with Crippen LogP contribution in [0.1, 0.15) is 59.8 Å². The van der Waals surface area contributed by atoms with E-state index in [-0.39, 0.29) is 12.2 Å². The minimum Gasteiger partial charge on any atom is -0.466 e. The van der Waals surface area contributed by atoms with Crippen LogP contribution in [0.4, 0.5) is 0 Å². The Kier molecular flexibility index (Phi) is 9.77. The molecule has 0 aliphatic rings. The summed E-state index contributed by atoms with van der Waals surface area (Å²) < 4.78 is 4.73. The van der Waals surface area contributed by atoms with Crippen LogP contribution >= 0.6 is 0 Å². The molecule has 108 valence electrons. The van der Waals surface area contributed by atoms with Crippen molar-refractivity contribution < 1.29 is 14.3 Å². The van der Waals surface area contributed by atoms with E-state index in [0.29, 0.717) is 19.4 Å². The second-order valence-electron chi connectivity index (χ2n) is 4.93. The summed E-state index contributed by atoms with van der Waals surface area (Å²) in [6.45, 7) is 8.32. The van der Waals surface area contributed by atoms with Gasteiger partial charge in [-0.1, -0.05) is 23.3 Å². The third-order valence-electron chi connectivity index (χ3n) is 2.65. The van der Waals surface area contributed by atoms with Crippen LogP contribution < -0.4 is 0 Å². The first-order valence-electron chi connectivity index (χ1n) is 6.92. The minimum atomic E-state index is -0.420. The van der Waals surface area contributed by atoms with Gasteiger partial charge in [0.1, 0.15) is 12.2 Å². The van der Waals surface area contributed by atoms with E-state index in [2.05, 4.69) is 32.9 Å². The Morgan fingerprint density at radius 1 is 1.00 bits per heavy atom. The summed E-state index contributed by atoms with van der Waals surface area (Å²) in [4.78, 5) is 22.6. The molecule has 3 heteroatoms. The van der Waals surface area contributed by atoms with Gasteiger partial charge in [0.05, 0.1) is 6.61 Å². The smallest absolute Gasteiger partial charge is 0.313 e. The van der Waals surface area contributed by atoms with Crippen molar-refractivity contribution in [1.29, 1.82) is 0 Å². The van der Waals surface area contributed by atoms with Crippen molar-refractivity contribution in [2.75, 3.05) is 6.61 Å². The van der Waals surface area contributed by atoms with Crippen molar-refractivity contribution in [2.24, 2.45) is 0 Å². The van der Waals surface area contributed by atoms with E-state index < -0.39 is 5.97 Å². The highest BCUT2D eigenvalue weighted by atomic mass is 16.5. The van der Waals surface area contributed by atoms with E-state index in [1.165, 1.54) is 11.1 Å². The van der Waals surface area contributed by atoms with Crippen LogP contribution in [-0.2, 0) is 14.3 Å². The molecule has 0 N–H and O–H groups in total. The highest BCUT2D eigenvalue weighted by Crippen LogP contribution is 2.09. The molecule has 0 bridgehead atoms. The Morgan fingerprint density at radius 3 is 2.21 bits per heavy atom. The van der Waals surface area contributed by atoms with Gasteiger partial charge in [0.15, 0.2) is 0 Å². The largest absolute Gasteiger partial charge is 0.466 e. The predicted octanol–water partition coefficient (Wildman–Crippen LogP) is 3.98. The molecule has 0 heterocycles. The summed E-state index contributed by atoms with van der Waals surface area (Å²) in [6.07, 6.45) is 7.39. The molecule has 0 spiro atoms. The Labute approximate surface area is 116 Å². The van der Waals surface area contributed by atoms with Gasteiger partial charge in [-0.3, -0.25) is 9.59 Å². The van der Waals surface area contributed by atoms with Crippen molar-refractivity contribution >= 4 is 11.8 Å². The molecule has 0 aromatic heterocycles. The SMILES string of the molecule is CCOC(=O)CC(=O)CC/C=C(/C)CCC=C(C)C. The number of carbonyl (C=O) groups excluding carboxylic acids is 2. The van der Waals surface area contributed by atoms with Gasteiger partial charge in [-0.15, -0.1) is 0 Å². The zero-order valence-electron chi connectivity index (χ0n) is 12.6. The third kappa shape index (κ3) is 11.4. The zero-order valence-corrected chi connectivity index (χ0v) is 12.6. The van der Waals surface area contributed by atoms with Crippen molar-refractivity contribution in [3.8, 4) is 0 Å². The van der Waals surface area contributed by atoms with Gasteiger partial charge in [-0.05, 0) is 47.0 Å². The maximum Gasteiger partial charge on any atom is 0.313 e. The summed E-state index contributed by atoms with van der Waals surface area (Å²) in [5, 5.41) is 0.